The van der Waals surface area contributed by atoms with E-state index in [1.807, 2.05) is 26.0 Å². The molecule has 1 aromatic rings. The molecule has 5 heteroatoms. The lowest BCUT2D eigenvalue weighted by Gasteiger charge is -2.08. The van der Waals surface area contributed by atoms with Gasteiger partial charge in [0.1, 0.15) is 0 Å². The highest BCUT2D eigenvalue weighted by Gasteiger charge is 2.07. The Hall–Kier alpha value is -1.07. The van der Waals surface area contributed by atoms with E-state index >= 15 is 0 Å². The maximum atomic E-state index is 11.4. The van der Waals surface area contributed by atoms with E-state index in [0.717, 1.165) is 12.0 Å². The lowest BCUT2D eigenvalue weighted by Crippen LogP contribution is -2.30. The maximum Gasteiger partial charge on any atom is 0.299 e. The smallest absolute Gasteiger partial charge is 0.271 e. The summed E-state index contributed by atoms with van der Waals surface area (Å²) in [6.07, 6.45) is 0.773. The maximum absolute atomic E-state index is 11.4. The minimum absolute atomic E-state index is 0.446. The third kappa shape index (κ3) is 4.31. The van der Waals surface area contributed by atoms with Gasteiger partial charge in [0, 0.05) is 12.2 Å². The van der Waals surface area contributed by atoms with Gasteiger partial charge in [0.05, 0.1) is 0 Å². The monoisotopic (exact) mass is 228 g/mol. The first-order chi connectivity index (χ1) is 7.03. The molecule has 0 aromatic heterocycles. The Morgan fingerprint density at radius 3 is 2.67 bits per heavy atom. The predicted molar refractivity (Wildman–Crippen MR) is 62.0 cm³/mol. The van der Waals surface area contributed by atoms with E-state index in [4.69, 9.17) is 0 Å². The van der Waals surface area contributed by atoms with Crippen molar-refractivity contribution >= 4 is 15.9 Å². The van der Waals surface area contributed by atoms with Crippen LogP contribution in [0.1, 0.15) is 18.9 Å². The summed E-state index contributed by atoms with van der Waals surface area (Å²) >= 11 is 0. The largest absolute Gasteiger partial charge is 0.299 e. The molecule has 0 radical (unpaired) electrons. The third-order valence-corrected chi connectivity index (χ3v) is 2.90. The number of aryl methyl sites for hydroxylation is 1. The summed E-state index contributed by atoms with van der Waals surface area (Å²) in [5.74, 6) is 0. The van der Waals surface area contributed by atoms with Gasteiger partial charge in [0.25, 0.3) is 10.2 Å². The minimum atomic E-state index is -3.41. The topological polar surface area (TPSA) is 58.2 Å². The molecule has 0 heterocycles. The minimum Gasteiger partial charge on any atom is -0.271 e. The van der Waals surface area contributed by atoms with Crippen molar-refractivity contribution in [2.24, 2.45) is 0 Å². The molecule has 2 N–H and O–H groups in total. The molecule has 0 saturated heterocycles. The second kappa shape index (κ2) is 5.14. The van der Waals surface area contributed by atoms with Crippen molar-refractivity contribution in [1.29, 1.82) is 0 Å². The number of rotatable bonds is 5. The van der Waals surface area contributed by atoms with Crippen LogP contribution in [0.25, 0.3) is 0 Å². The Morgan fingerprint density at radius 1 is 1.33 bits per heavy atom. The zero-order valence-corrected chi connectivity index (χ0v) is 9.76. The van der Waals surface area contributed by atoms with Gasteiger partial charge in [-0.05, 0) is 31.0 Å². The number of anilines is 1. The van der Waals surface area contributed by atoms with E-state index in [0.29, 0.717) is 12.2 Å². The van der Waals surface area contributed by atoms with Crippen molar-refractivity contribution < 1.29 is 8.42 Å². The Balaban J connectivity index is 2.69. The summed E-state index contributed by atoms with van der Waals surface area (Å²) in [6.45, 7) is 4.27. The van der Waals surface area contributed by atoms with Crippen molar-refractivity contribution in [3.63, 3.8) is 0 Å². The van der Waals surface area contributed by atoms with Gasteiger partial charge in [-0.2, -0.15) is 13.1 Å². The standard InChI is InChI=1S/C10H16N2O2S/c1-3-7-11-15(13,14)12-10-6-4-5-9(2)8-10/h4-6,8,11-12H,3,7H2,1-2H3. The van der Waals surface area contributed by atoms with Crippen molar-refractivity contribution in [2.45, 2.75) is 20.3 Å². The molecule has 0 unspecified atom stereocenters. The van der Waals surface area contributed by atoms with Gasteiger partial charge in [0.15, 0.2) is 0 Å². The number of benzene rings is 1. The van der Waals surface area contributed by atoms with Gasteiger partial charge >= 0.3 is 0 Å². The molecule has 15 heavy (non-hydrogen) atoms. The molecule has 0 aliphatic rings. The molecule has 0 amide bonds. The fourth-order valence-electron chi connectivity index (χ4n) is 1.14. The van der Waals surface area contributed by atoms with Gasteiger partial charge in [-0.25, -0.2) is 0 Å². The molecule has 0 bridgehead atoms. The molecule has 0 spiro atoms. The summed E-state index contributed by atoms with van der Waals surface area (Å²) in [7, 11) is -3.41. The van der Waals surface area contributed by atoms with Crippen LogP contribution in [0.3, 0.4) is 0 Å². The lowest BCUT2D eigenvalue weighted by molar-refractivity contribution is 0.586. The van der Waals surface area contributed by atoms with Crippen molar-refractivity contribution in [2.75, 3.05) is 11.3 Å². The zero-order chi connectivity index (χ0) is 11.3. The fraction of sp³-hybridized carbons (Fsp3) is 0.400. The summed E-state index contributed by atoms with van der Waals surface area (Å²) < 4.78 is 27.8. The second-order valence-electron chi connectivity index (χ2n) is 3.37. The second-order valence-corrected chi connectivity index (χ2v) is 4.87. The zero-order valence-electron chi connectivity index (χ0n) is 8.95. The first-order valence-corrected chi connectivity index (χ1v) is 6.36. The van der Waals surface area contributed by atoms with Gasteiger partial charge in [-0.1, -0.05) is 19.1 Å². The van der Waals surface area contributed by atoms with Gasteiger partial charge in [-0.15, -0.1) is 0 Å². The SMILES string of the molecule is CCCNS(=O)(=O)Nc1cccc(C)c1. The van der Waals surface area contributed by atoms with Gasteiger partial charge < -0.3 is 0 Å². The molecular formula is C10H16N2O2S. The van der Waals surface area contributed by atoms with E-state index < -0.39 is 10.2 Å². The molecular weight excluding hydrogens is 212 g/mol. The van der Waals surface area contributed by atoms with Gasteiger partial charge in [0.2, 0.25) is 0 Å². The Morgan fingerprint density at radius 2 is 2.07 bits per heavy atom. The van der Waals surface area contributed by atoms with Crippen LogP contribution in [0.15, 0.2) is 24.3 Å². The number of hydrogen-bond acceptors (Lipinski definition) is 2. The first-order valence-electron chi connectivity index (χ1n) is 4.87. The molecule has 0 aliphatic carbocycles. The van der Waals surface area contributed by atoms with E-state index in [-0.39, 0.29) is 0 Å². The quantitative estimate of drug-likeness (QED) is 0.805. The van der Waals surface area contributed by atoms with Crippen molar-refractivity contribution in [3.05, 3.63) is 29.8 Å². The van der Waals surface area contributed by atoms with Crippen LogP contribution >= 0.6 is 0 Å². The Labute approximate surface area is 90.9 Å². The van der Waals surface area contributed by atoms with Crippen LogP contribution in [-0.2, 0) is 10.2 Å². The van der Waals surface area contributed by atoms with E-state index in [9.17, 15) is 8.42 Å². The number of hydrogen-bond donors (Lipinski definition) is 2. The Kier molecular flexibility index (Phi) is 4.11. The average molecular weight is 228 g/mol. The van der Waals surface area contributed by atoms with Crippen LogP contribution in [0.2, 0.25) is 0 Å². The first kappa shape index (κ1) is 12.0. The average Bonchev–Trinajstić information content (AvgIpc) is 2.14. The normalized spacial score (nSPS) is 11.3. The summed E-state index contributed by atoms with van der Waals surface area (Å²) in [4.78, 5) is 0. The molecule has 0 saturated carbocycles. The molecule has 0 atom stereocenters. The van der Waals surface area contributed by atoms with E-state index in [1.54, 1.807) is 12.1 Å². The fourth-order valence-corrected chi connectivity index (χ4v) is 2.12. The van der Waals surface area contributed by atoms with Crippen molar-refractivity contribution in [1.82, 2.24) is 4.72 Å². The van der Waals surface area contributed by atoms with Crippen LogP contribution in [0, 0.1) is 6.92 Å². The molecule has 84 valence electrons. The van der Waals surface area contributed by atoms with Gasteiger partial charge in [-0.3, -0.25) is 4.72 Å². The van der Waals surface area contributed by atoms with E-state index in [2.05, 4.69) is 9.44 Å². The highest BCUT2D eigenvalue weighted by Crippen LogP contribution is 2.10. The Bertz CT molecular complexity index is 415. The van der Waals surface area contributed by atoms with E-state index in [1.165, 1.54) is 0 Å². The number of nitrogens with one attached hydrogen (secondary N) is 2. The molecule has 1 rings (SSSR count). The molecule has 0 aliphatic heterocycles. The van der Waals surface area contributed by atoms with Crippen LogP contribution < -0.4 is 9.44 Å². The predicted octanol–water partition coefficient (Wildman–Crippen LogP) is 1.65. The lowest BCUT2D eigenvalue weighted by atomic mass is 10.2. The van der Waals surface area contributed by atoms with Crippen molar-refractivity contribution in [3.8, 4) is 0 Å². The van der Waals surface area contributed by atoms with Crippen LogP contribution in [0.5, 0.6) is 0 Å². The molecule has 1 aromatic carbocycles. The summed E-state index contributed by atoms with van der Waals surface area (Å²) in [5.41, 5.74) is 1.60. The van der Waals surface area contributed by atoms with Crippen LogP contribution in [0.4, 0.5) is 5.69 Å². The third-order valence-electron chi connectivity index (χ3n) is 1.81. The molecule has 4 nitrogen and oxygen atoms in total. The molecule has 0 fully saturated rings. The van der Waals surface area contributed by atoms with Crippen LogP contribution in [-0.4, -0.2) is 15.0 Å². The summed E-state index contributed by atoms with van der Waals surface area (Å²) in [5, 5.41) is 0. The highest BCUT2D eigenvalue weighted by atomic mass is 32.2. The summed E-state index contributed by atoms with van der Waals surface area (Å²) in [6, 6.07) is 7.23. The highest BCUT2D eigenvalue weighted by molar-refractivity contribution is 7.90.